The van der Waals surface area contributed by atoms with Gasteiger partial charge < -0.3 is 0 Å². The van der Waals surface area contributed by atoms with E-state index >= 15 is 0 Å². The van der Waals surface area contributed by atoms with Crippen LogP contribution in [0.2, 0.25) is 0 Å². The minimum absolute atomic E-state index is 1.28. The van der Waals surface area contributed by atoms with Gasteiger partial charge in [-0.2, -0.15) is 0 Å². The van der Waals surface area contributed by atoms with Crippen molar-refractivity contribution in [3.05, 3.63) is 9.66 Å². The lowest BCUT2D eigenvalue weighted by atomic mass is 10.2. The second kappa shape index (κ2) is 6.59. The highest BCUT2D eigenvalue weighted by Crippen LogP contribution is 2.14. The van der Waals surface area contributed by atoms with Gasteiger partial charge in [0.15, 0.2) is 0 Å². The zero-order chi connectivity index (χ0) is 7.11. The summed E-state index contributed by atoms with van der Waals surface area (Å²) in [5.74, 6) is 0. The predicted molar refractivity (Wildman–Crippen MR) is 51.9 cm³/mol. The highest BCUT2D eigenvalue weighted by Gasteiger charge is 1.88. The third-order valence-electron chi connectivity index (χ3n) is 1.33. The Morgan fingerprint density at radius 3 is 2.56 bits per heavy atom. The van der Waals surface area contributed by atoms with Crippen LogP contribution < -0.4 is 0 Å². The number of rotatable bonds is 4. The fraction of sp³-hybridized carbons (Fsp3) is 0.750. The van der Waals surface area contributed by atoms with Crippen LogP contribution in [-0.2, 0) is 0 Å². The van der Waals surface area contributed by atoms with E-state index in [-0.39, 0.29) is 0 Å². The van der Waals surface area contributed by atoms with Crippen LogP contribution in [0.3, 0.4) is 0 Å². The van der Waals surface area contributed by atoms with Gasteiger partial charge in [0.1, 0.15) is 0 Å². The van der Waals surface area contributed by atoms with E-state index in [4.69, 9.17) is 0 Å². The Morgan fingerprint density at radius 1 is 1.44 bits per heavy atom. The second-order valence-electron chi connectivity index (χ2n) is 2.19. The summed E-state index contributed by atoms with van der Waals surface area (Å²) < 4.78 is 1.50. The molecule has 0 spiro atoms. The number of unbranched alkanes of at least 4 members (excludes halogenated alkanes) is 2. The molecule has 0 aliphatic heterocycles. The summed E-state index contributed by atoms with van der Waals surface area (Å²) in [5, 5.41) is 0. The standard InChI is InChI=1S/C8H15I/c1-3-5-6-7-8(9)4-2/h4H,3,5-7H2,1-2H3/b8-4-. The zero-order valence-electron chi connectivity index (χ0n) is 6.28. The van der Waals surface area contributed by atoms with Gasteiger partial charge in [-0.05, 0) is 45.9 Å². The molecule has 0 rings (SSSR count). The lowest BCUT2D eigenvalue weighted by molar-refractivity contribution is 0.727. The molecule has 0 unspecified atom stereocenters. The molecule has 0 bridgehead atoms. The highest BCUT2D eigenvalue weighted by atomic mass is 127. The van der Waals surface area contributed by atoms with Crippen LogP contribution in [0.4, 0.5) is 0 Å². The van der Waals surface area contributed by atoms with Crippen LogP contribution >= 0.6 is 22.6 Å². The van der Waals surface area contributed by atoms with Crippen molar-refractivity contribution in [1.29, 1.82) is 0 Å². The summed E-state index contributed by atoms with van der Waals surface area (Å²) in [4.78, 5) is 0. The lowest BCUT2D eigenvalue weighted by Crippen LogP contribution is -1.73. The normalized spacial score (nSPS) is 12.1. The summed E-state index contributed by atoms with van der Waals surface area (Å²) in [6, 6.07) is 0. The molecule has 0 amide bonds. The minimum Gasteiger partial charge on any atom is -0.0784 e. The van der Waals surface area contributed by atoms with Gasteiger partial charge >= 0.3 is 0 Å². The molecule has 0 N–H and O–H groups in total. The molecule has 0 aromatic rings. The Hall–Kier alpha value is 0.470. The van der Waals surface area contributed by atoms with E-state index in [1.807, 2.05) is 0 Å². The molecular formula is C8H15I. The summed E-state index contributed by atoms with van der Waals surface area (Å²) >= 11 is 2.41. The molecule has 9 heavy (non-hydrogen) atoms. The fourth-order valence-corrected chi connectivity index (χ4v) is 1.07. The maximum absolute atomic E-state index is 2.41. The Labute approximate surface area is 71.9 Å². The van der Waals surface area contributed by atoms with Crippen LogP contribution in [-0.4, -0.2) is 0 Å². The number of hydrogen-bond acceptors (Lipinski definition) is 0. The topological polar surface area (TPSA) is 0 Å². The molecule has 0 nitrogen and oxygen atoms in total. The van der Waals surface area contributed by atoms with E-state index < -0.39 is 0 Å². The van der Waals surface area contributed by atoms with Gasteiger partial charge in [-0.25, -0.2) is 0 Å². The molecule has 0 atom stereocenters. The van der Waals surface area contributed by atoms with Crippen molar-refractivity contribution in [2.24, 2.45) is 0 Å². The van der Waals surface area contributed by atoms with E-state index in [0.717, 1.165) is 0 Å². The van der Waals surface area contributed by atoms with Crippen LogP contribution in [0.1, 0.15) is 39.5 Å². The maximum Gasteiger partial charge on any atom is -0.0137 e. The molecular weight excluding hydrogens is 223 g/mol. The predicted octanol–water partition coefficient (Wildman–Crippen LogP) is 3.91. The van der Waals surface area contributed by atoms with Crippen molar-refractivity contribution < 1.29 is 0 Å². The molecule has 0 saturated heterocycles. The Morgan fingerprint density at radius 2 is 2.11 bits per heavy atom. The average Bonchev–Trinajstić information content (AvgIpc) is 1.89. The fourth-order valence-electron chi connectivity index (χ4n) is 0.688. The molecule has 0 aliphatic rings. The van der Waals surface area contributed by atoms with Gasteiger partial charge in [0, 0.05) is 0 Å². The van der Waals surface area contributed by atoms with E-state index in [1.54, 1.807) is 0 Å². The summed E-state index contributed by atoms with van der Waals surface area (Å²) in [6.45, 7) is 4.34. The molecule has 0 aromatic heterocycles. The molecule has 0 aromatic carbocycles. The van der Waals surface area contributed by atoms with Crippen LogP contribution in [0.15, 0.2) is 9.66 Å². The van der Waals surface area contributed by atoms with Crippen molar-refractivity contribution in [3.63, 3.8) is 0 Å². The van der Waals surface area contributed by atoms with Crippen molar-refractivity contribution in [2.45, 2.75) is 39.5 Å². The van der Waals surface area contributed by atoms with Gasteiger partial charge in [0.05, 0.1) is 0 Å². The average molecular weight is 238 g/mol. The van der Waals surface area contributed by atoms with Crippen molar-refractivity contribution >= 4 is 22.6 Å². The first-order valence-corrected chi connectivity index (χ1v) is 4.69. The Balaban J connectivity index is 3.07. The van der Waals surface area contributed by atoms with Crippen molar-refractivity contribution in [3.8, 4) is 0 Å². The van der Waals surface area contributed by atoms with E-state index in [1.165, 1.54) is 29.3 Å². The lowest BCUT2D eigenvalue weighted by Gasteiger charge is -1.95. The van der Waals surface area contributed by atoms with E-state index in [0.29, 0.717) is 0 Å². The SMILES string of the molecule is C/C=C(\I)CCCCC. The van der Waals surface area contributed by atoms with Crippen LogP contribution in [0.25, 0.3) is 0 Å². The van der Waals surface area contributed by atoms with Crippen molar-refractivity contribution in [2.75, 3.05) is 0 Å². The van der Waals surface area contributed by atoms with Crippen molar-refractivity contribution in [1.82, 2.24) is 0 Å². The second-order valence-corrected chi connectivity index (χ2v) is 3.58. The maximum atomic E-state index is 2.41. The summed E-state index contributed by atoms with van der Waals surface area (Å²) in [7, 11) is 0. The monoisotopic (exact) mass is 238 g/mol. The molecule has 54 valence electrons. The first-order valence-electron chi connectivity index (χ1n) is 3.62. The molecule has 0 radical (unpaired) electrons. The van der Waals surface area contributed by atoms with Crippen LogP contribution in [0, 0.1) is 0 Å². The van der Waals surface area contributed by atoms with E-state index in [2.05, 4.69) is 42.5 Å². The number of halogens is 1. The Kier molecular flexibility index (Phi) is 6.93. The first-order chi connectivity index (χ1) is 4.31. The van der Waals surface area contributed by atoms with Gasteiger partial charge in [0.2, 0.25) is 0 Å². The largest absolute Gasteiger partial charge is 0.0784 e. The summed E-state index contributed by atoms with van der Waals surface area (Å²) in [6.07, 6.45) is 7.54. The van der Waals surface area contributed by atoms with Gasteiger partial charge in [-0.3, -0.25) is 0 Å². The zero-order valence-corrected chi connectivity index (χ0v) is 8.44. The Bertz CT molecular complexity index is 84.6. The molecule has 0 aliphatic carbocycles. The first kappa shape index (κ1) is 9.47. The molecule has 0 fully saturated rings. The molecule has 0 saturated carbocycles. The van der Waals surface area contributed by atoms with Gasteiger partial charge in [-0.1, -0.05) is 25.8 Å². The smallest absolute Gasteiger partial charge is 0.0137 e. The van der Waals surface area contributed by atoms with E-state index in [9.17, 15) is 0 Å². The third-order valence-corrected chi connectivity index (χ3v) is 2.49. The van der Waals surface area contributed by atoms with Gasteiger partial charge in [-0.15, -0.1) is 0 Å². The highest BCUT2D eigenvalue weighted by molar-refractivity contribution is 14.1. The molecule has 1 heteroatoms. The number of hydrogen-bond donors (Lipinski definition) is 0. The third kappa shape index (κ3) is 6.35. The summed E-state index contributed by atoms with van der Waals surface area (Å²) in [5.41, 5.74) is 0. The number of allylic oxidation sites excluding steroid dienone is 2. The van der Waals surface area contributed by atoms with Crippen LogP contribution in [0.5, 0.6) is 0 Å². The quantitative estimate of drug-likeness (QED) is 0.514. The van der Waals surface area contributed by atoms with Gasteiger partial charge in [0.25, 0.3) is 0 Å². The minimum atomic E-state index is 1.28. The molecule has 0 heterocycles.